The molecular weight excluding hydrogens is 240 g/mol. The average Bonchev–Trinajstić information content (AvgIpc) is 2.45. The van der Waals surface area contributed by atoms with Crippen LogP contribution in [0.1, 0.15) is 29.8 Å². The second-order valence-electron chi connectivity index (χ2n) is 4.24. The molecule has 1 unspecified atom stereocenters. The van der Waals surface area contributed by atoms with Crippen LogP contribution in [0.15, 0.2) is 30.9 Å². The van der Waals surface area contributed by atoms with E-state index in [0.29, 0.717) is 5.88 Å². The molecule has 2 aromatic heterocycles. The number of nitrogens with zero attached hydrogens (tertiary/aromatic N) is 3. The van der Waals surface area contributed by atoms with Gasteiger partial charge in [0.1, 0.15) is 5.69 Å². The van der Waals surface area contributed by atoms with Crippen molar-refractivity contribution >= 4 is 0 Å². The molecule has 0 fully saturated rings. The van der Waals surface area contributed by atoms with E-state index in [4.69, 9.17) is 4.74 Å². The number of aromatic nitrogens is 3. The number of methoxy groups -OCH3 is 1. The Morgan fingerprint density at radius 2 is 2.05 bits per heavy atom. The number of pyridine rings is 1. The van der Waals surface area contributed by atoms with Crippen LogP contribution in [0.2, 0.25) is 0 Å². The van der Waals surface area contributed by atoms with Gasteiger partial charge in [-0.1, -0.05) is 13.0 Å². The van der Waals surface area contributed by atoms with Crippen LogP contribution in [0, 0.1) is 6.92 Å². The molecule has 2 aromatic rings. The van der Waals surface area contributed by atoms with Gasteiger partial charge in [-0.25, -0.2) is 4.98 Å². The second-order valence-corrected chi connectivity index (χ2v) is 4.24. The van der Waals surface area contributed by atoms with Crippen LogP contribution < -0.4 is 10.1 Å². The summed E-state index contributed by atoms with van der Waals surface area (Å²) in [7, 11) is 1.60. The molecule has 0 aliphatic carbocycles. The van der Waals surface area contributed by atoms with Gasteiger partial charge < -0.3 is 10.1 Å². The number of aryl methyl sites for hydroxylation is 1. The summed E-state index contributed by atoms with van der Waals surface area (Å²) in [5.74, 6) is 0.537. The SMILES string of the molecule is CCNC(c1cncc(C)c1)c1nccnc1OC. The monoisotopic (exact) mass is 258 g/mol. The van der Waals surface area contributed by atoms with Gasteiger partial charge in [0.25, 0.3) is 0 Å². The van der Waals surface area contributed by atoms with Gasteiger partial charge in [0.2, 0.25) is 5.88 Å². The molecule has 0 saturated heterocycles. The van der Waals surface area contributed by atoms with Crippen LogP contribution >= 0.6 is 0 Å². The van der Waals surface area contributed by atoms with E-state index >= 15 is 0 Å². The van der Waals surface area contributed by atoms with E-state index in [1.807, 2.05) is 19.3 Å². The first kappa shape index (κ1) is 13.4. The normalized spacial score (nSPS) is 12.2. The summed E-state index contributed by atoms with van der Waals surface area (Å²) >= 11 is 0. The predicted molar refractivity (Wildman–Crippen MR) is 73.1 cm³/mol. The van der Waals surface area contributed by atoms with Crippen LogP contribution in [-0.4, -0.2) is 28.6 Å². The van der Waals surface area contributed by atoms with Gasteiger partial charge in [-0.05, 0) is 24.6 Å². The largest absolute Gasteiger partial charge is 0.480 e. The number of hydrogen-bond acceptors (Lipinski definition) is 5. The number of ether oxygens (including phenoxy) is 1. The Labute approximate surface area is 113 Å². The van der Waals surface area contributed by atoms with E-state index in [1.165, 1.54) is 0 Å². The Morgan fingerprint density at radius 3 is 2.74 bits per heavy atom. The summed E-state index contributed by atoms with van der Waals surface area (Å²) in [5, 5.41) is 3.39. The van der Waals surface area contributed by atoms with E-state index in [0.717, 1.165) is 23.4 Å². The maximum atomic E-state index is 5.29. The molecule has 0 saturated carbocycles. The molecule has 0 bridgehead atoms. The van der Waals surface area contributed by atoms with Crippen molar-refractivity contribution in [1.82, 2.24) is 20.3 Å². The predicted octanol–water partition coefficient (Wildman–Crippen LogP) is 1.89. The van der Waals surface area contributed by atoms with E-state index < -0.39 is 0 Å². The van der Waals surface area contributed by atoms with Crippen molar-refractivity contribution < 1.29 is 4.74 Å². The minimum Gasteiger partial charge on any atom is -0.480 e. The lowest BCUT2D eigenvalue weighted by Gasteiger charge is -2.19. The molecule has 1 N–H and O–H groups in total. The van der Waals surface area contributed by atoms with Crippen molar-refractivity contribution in [2.45, 2.75) is 19.9 Å². The fourth-order valence-corrected chi connectivity index (χ4v) is 2.00. The third kappa shape index (κ3) is 3.06. The van der Waals surface area contributed by atoms with Crippen LogP contribution in [0.3, 0.4) is 0 Å². The Kier molecular flexibility index (Phi) is 4.41. The summed E-state index contributed by atoms with van der Waals surface area (Å²) in [4.78, 5) is 12.8. The van der Waals surface area contributed by atoms with E-state index in [-0.39, 0.29) is 6.04 Å². The molecule has 5 heteroatoms. The number of hydrogen-bond donors (Lipinski definition) is 1. The summed E-state index contributed by atoms with van der Waals surface area (Å²) in [6.07, 6.45) is 6.97. The van der Waals surface area contributed by atoms with Gasteiger partial charge in [-0.2, -0.15) is 0 Å². The highest BCUT2D eigenvalue weighted by Gasteiger charge is 2.20. The van der Waals surface area contributed by atoms with E-state index in [9.17, 15) is 0 Å². The van der Waals surface area contributed by atoms with Crippen molar-refractivity contribution in [3.8, 4) is 5.88 Å². The molecule has 2 rings (SSSR count). The Bertz CT molecular complexity index is 544. The molecule has 0 aliphatic rings. The molecule has 100 valence electrons. The molecule has 0 spiro atoms. The third-order valence-electron chi connectivity index (χ3n) is 2.80. The Balaban J connectivity index is 2.45. The number of rotatable bonds is 5. The molecule has 2 heterocycles. The second kappa shape index (κ2) is 6.24. The van der Waals surface area contributed by atoms with Gasteiger partial charge in [-0.15, -0.1) is 0 Å². The quantitative estimate of drug-likeness (QED) is 0.887. The average molecular weight is 258 g/mol. The highest BCUT2D eigenvalue weighted by Crippen LogP contribution is 2.26. The van der Waals surface area contributed by atoms with Crippen LogP contribution in [0.4, 0.5) is 0 Å². The van der Waals surface area contributed by atoms with Gasteiger partial charge in [-0.3, -0.25) is 9.97 Å². The lowest BCUT2D eigenvalue weighted by atomic mass is 10.0. The molecule has 0 aliphatic heterocycles. The smallest absolute Gasteiger partial charge is 0.237 e. The molecular formula is C14H18N4O. The molecule has 1 atom stereocenters. The lowest BCUT2D eigenvalue weighted by Crippen LogP contribution is -2.24. The van der Waals surface area contributed by atoms with Crippen molar-refractivity contribution in [3.63, 3.8) is 0 Å². The summed E-state index contributed by atoms with van der Waals surface area (Å²) in [6, 6.07) is 2.02. The van der Waals surface area contributed by atoms with Gasteiger partial charge >= 0.3 is 0 Å². The lowest BCUT2D eigenvalue weighted by molar-refractivity contribution is 0.383. The third-order valence-corrected chi connectivity index (χ3v) is 2.80. The first-order valence-corrected chi connectivity index (χ1v) is 6.26. The highest BCUT2D eigenvalue weighted by molar-refractivity contribution is 5.32. The van der Waals surface area contributed by atoms with Crippen LogP contribution in [0.5, 0.6) is 5.88 Å². The van der Waals surface area contributed by atoms with Crippen molar-refractivity contribution in [1.29, 1.82) is 0 Å². The van der Waals surface area contributed by atoms with Gasteiger partial charge in [0.15, 0.2) is 0 Å². The van der Waals surface area contributed by atoms with Crippen LogP contribution in [0.25, 0.3) is 0 Å². The highest BCUT2D eigenvalue weighted by atomic mass is 16.5. The van der Waals surface area contributed by atoms with Crippen molar-refractivity contribution in [2.24, 2.45) is 0 Å². The molecule has 0 amide bonds. The van der Waals surface area contributed by atoms with E-state index in [2.05, 4.69) is 33.3 Å². The topological polar surface area (TPSA) is 59.9 Å². The van der Waals surface area contributed by atoms with Crippen molar-refractivity contribution in [3.05, 3.63) is 47.7 Å². The van der Waals surface area contributed by atoms with E-state index in [1.54, 1.807) is 19.5 Å². The zero-order valence-electron chi connectivity index (χ0n) is 11.4. The Morgan fingerprint density at radius 1 is 1.26 bits per heavy atom. The standard InChI is InChI=1S/C14H18N4O/c1-4-16-12(11-7-10(2)8-15-9-11)13-14(19-3)18-6-5-17-13/h5-9,12,16H,4H2,1-3H3. The zero-order valence-corrected chi connectivity index (χ0v) is 11.4. The first-order valence-electron chi connectivity index (χ1n) is 6.26. The summed E-state index contributed by atoms with van der Waals surface area (Å²) in [6.45, 7) is 4.89. The van der Waals surface area contributed by atoms with Crippen molar-refractivity contribution in [2.75, 3.05) is 13.7 Å². The molecule has 19 heavy (non-hydrogen) atoms. The van der Waals surface area contributed by atoms with Gasteiger partial charge in [0, 0.05) is 24.8 Å². The summed E-state index contributed by atoms with van der Waals surface area (Å²) in [5.41, 5.74) is 2.95. The minimum atomic E-state index is -0.0685. The summed E-state index contributed by atoms with van der Waals surface area (Å²) < 4.78 is 5.29. The number of nitrogens with one attached hydrogen (secondary N) is 1. The zero-order chi connectivity index (χ0) is 13.7. The maximum Gasteiger partial charge on any atom is 0.237 e. The fourth-order valence-electron chi connectivity index (χ4n) is 2.00. The van der Waals surface area contributed by atoms with Gasteiger partial charge in [0.05, 0.1) is 13.2 Å². The fraction of sp³-hybridized carbons (Fsp3) is 0.357. The molecule has 5 nitrogen and oxygen atoms in total. The first-order chi connectivity index (χ1) is 9.26. The maximum absolute atomic E-state index is 5.29. The minimum absolute atomic E-state index is 0.0685. The van der Waals surface area contributed by atoms with Crippen LogP contribution in [-0.2, 0) is 0 Å². The molecule has 0 radical (unpaired) electrons. The molecule has 0 aromatic carbocycles. The Hall–Kier alpha value is -2.01.